The Morgan fingerprint density at radius 3 is 1.41 bits per heavy atom. The number of hydrogen-bond acceptors (Lipinski definition) is 8. The molecule has 0 spiro atoms. The van der Waals surface area contributed by atoms with Crippen LogP contribution in [0.4, 0.5) is 0 Å². The number of aliphatic hydroxyl groups is 2. The summed E-state index contributed by atoms with van der Waals surface area (Å²) < 4.78 is 31.6. The van der Waals surface area contributed by atoms with Crippen LogP contribution in [-0.2, 0) is 20.1 Å². The molecule has 0 aliphatic rings. The van der Waals surface area contributed by atoms with Crippen molar-refractivity contribution < 1.29 is 37.4 Å². The Bertz CT molecular complexity index is 321. The maximum Gasteiger partial charge on any atom is 0.394 e. The molecule has 0 aliphatic carbocycles. The summed E-state index contributed by atoms with van der Waals surface area (Å²) in [5, 5.41) is 16.3. The Kier molecular flexibility index (Phi) is 32.3. The number of unbranched alkanes of at least 4 members (excludes halogenated alkanes) is 9. The number of rotatable bonds is 16. The molecule has 0 aromatic carbocycles. The van der Waals surface area contributed by atoms with E-state index in [0.717, 1.165) is 6.54 Å². The highest BCUT2D eigenvalue weighted by atomic mass is 32.3. The Balaban J connectivity index is -0.000000356. The van der Waals surface area contributed by atoms with E-state index in [2.05, 4.69) is 22.2 Å². The van der Waals surface area contributed by atoms with Gasteiger partial charge in [-0.1, -0.05) is 70.4 Å². The van der Waals surface area contributed by atoms with Gasteiger partial charge in [0.1, 0.15) is 0 Å². The van der Waals surface area contributed by atoms with Gasteiger partial charge in [0.2, 0.25) is 0 Å². The van der Waals surface area contributed by atoms with Crippen LogP contribution < -0.4 is 11.4 Å². The first-order valence-corrected chi connectivity index (χ1v) is 10.8. The van der Waals surface area contributed by atoms with E-state index in [1.165, 1.54) is 64.2 Å². The summed E-state index contributed by atoms with van der Waals surface area (Å²) in [7, 11) is -4.67. The molecule has 0 unspecified atom stereocenters. The Morgan fingerprint density at radius 2 is 1.11 bits per heavy atom. The van der Waals surface area contributed by atoms with Crippen LogP contribution >= 0.6 is 0 Å². The van der Waals surface area contributed by atoms with Crippen molar-refractivity contribution in [2.24, 2.45) is 5.73 Å². The topological polar surface area (TPSA) is 172 Å². The predicted octanol–water partition coefficient (Wildman–Crippen LogP) is 1.64. The summed E-state index contributed by atoms with van der Waals surface area (Å²) in [6, 6.07) is 0. The molecule has 0 rings (SSSR count). The molecule has 0 amide bonds. The standard InChI is InChI=1S/C12H27N.C4H11NO4.H2O4S/c1-2-3-4-5-6-7-8-9-10-11-12-13;6-1-3-8-5-9-4-2-7;1-5(2,3)4/h2-13H2,1H3;5-7H,1-4H2;(H2,1,2,3,4). The van der Waals surface area contributed by atoms with Crippen molar-refractivity contribution in [3.05, 3.63) is 0 Å². The van der Waals surface area contributed by atoms with Crippen molar-refractivity contribution in [1.29, 1.82) is 0 Å². The molecule has 0 saturated carbocycles. The molecular formula is C16H40N2O8S. The lowest BCUT2D eigenvalue weighted by Crippen LogP contribution is -2.19. The zero-order chi connectivity index (χ0) is 21.2. The smallest absolute Gasteiger partial charge is 0.394 e. The molecule has 0 bridgehead atoms. The van der Waals surface area contributed by atoms with E-state index in [1.54, 1.807) is 0 Å². The first-order chi connectivity index (χ1) is 12.8. The lowest BCUT2D eigenvalue weighted by Gasteiger charge is -2.01. The zero-order valence-corrected chi connectivity index (χ0v) is 17.3. The molecule has 0 fully saturated rings. The minimum absolute atomic E-state index is 0.0600. The lowest BCUT2D eigenvalue weighted by molar-refractivity contribution is -0.178. The van der Waals surface area contributed by atoms with Gasteiger partial charge in [-0.05, 0) is 13.0 Å². The zero-order valence-electron chi connectivity index (χ0n) is 16.5. The van der Waals surface area contributed by atoms with Crippen LogP contribution in [0.5, 0.6) is 0 Å². The van der Waals surface area contributed by atoms with Gasteiger partial charge in [-0.15, -0.1) is 0 Å². The highest BCUT2D eigenvalue weighted by Crippen LogP contribution is 2.09. The maximum absolute atomic E-state index is 8.74. The molecule has 0 aromatic rings. The van der Waals surface area contributed by atoms with E-state index in [-0.39, 0.29) is 26.4 Å². The average Bonchev–Trinajstić information content (AvgIpc) is 2.59. The van der Waals surface area contributed by atoms with E-state index in [4.69, 9.17) is 33.5 Å². The first-order valence-electron chi connectivity index (χ1n) is 9.43. The molecule has 10 nitrogen and oxygen atoms in total. The number of nitrogens with one attached hydrogen (secondary N) is 1. The molecule has 0 saturated heterocycles. The van der Waals surface area contributed by atoms with Crippen LogP contribution in [0, 0.1) is 0 Å². The molecule has 0 aliphatic heterocycles. The summed E-state index contributed by atoms with van der Waals surface area (Å²) in [5.41, 5.74) is 7.49. The minimum Gasteiger partial charge on any atom is -0.394 e. The van der Waals surface area contributed by atoms with Crippen LogP contribution in [-0.4, -0.2) is 60.7 Å². The molecule has 0 radical (unpaired) electrons. The molecule has 168 valence electrons. The maximum atomic E-state index is 8.74. The summed E-state index contributed by atoms with van der Waals surface area (Å²) in [6.07, 6.45) is 13.9. The van der Waals surface area contributed by atoms with E-state index in [9.17, 15) is 0 Å². The van der Waals surface area contributed by atoms with Gasteiger partial charge in [0, 0.05) is 0 Å². The molecule has 0 atom stereocenters. The van der Waals surface area contributed by atoms with Gasteiger partial charge < -0.3 is 15.9 Å². The van der Waals surface area contributed by atoms with Crippen molar-refractivity contribution in [3.8, 4) is 0 Å². The quantitative estimate of drug-likeness (QED) is 0.122. The third-order valence-electron chi connectivity index (χ3n) is 3.06. The number of nitrogens with two attached hydrogens (primary N) is 1. The van der Waals surface area contributed by atoms with Gasteiger partial charge in [0.25, 0.3) is 0 Å². The molecule has 7 N–H and O–H groups in total. The van der Waals surface area contributed by atoms with Gasteiger partial charge in [-0.25, -0.2) is 0 Å². The molecule has 0 heterocycles. The highest BCUT2D eigenvalue weighted by Gasteiger charge is 1.91. The second-order valence-corrected chi connectivity index (χ2v) is 6.54. The first kappa shape index (κ1) is 31.3. The van der Waals surface area contributed by atoms with Gasteiger partial charge in [-0.3, -0.25) is 18.8 Å². The van der Waals surface area contributed by atoms with Crippen LogP contribution in [0.1, 0.15) is 71.1 Å². The van der Waals surface area contributed by atoms with Crippen molar-refractivity contribution in [2.45, 2.75) is 71.1 Å². The van der Waals surface area contributed by atoms with Crippen molar-refractivity contribution in [1.82, 2.24) is 5.64 Å². The normalized spacial score (nSPS) is 10.6. The summed E-state index contributed by atoms with van der Waals surface area (Å²) in [6.45, 7) is 3.37. The minimum atomic E-state index is -4.67. The van der Waals surface area contributed by atoms with Gasteiger partial charge in [-0.2, -0.15) is 8.42 Å². The van der Waals surface area contributed by atoms with E-state index < -0.39 is 10.4 Å². The summed E-state index contributed by atoms with van der Waals surface area (Å²) in [4.78, 5) is 8.90. The summed E-state index contributed by atoms with van der Waals surface area (Å²) in [5.74, 6) is 0. The van der Waals surface area contributed by atoms with Crippen LogP contribution in [0.15, 0.2) is 0 Å². The average molecular weight is 421 g/mol. The monoisotopic (exact) mass is 420 g/mol. The van der Waals surface area contributed by atoms with Gasteiger partial charge in [0.05, 0.1) is 26.4 Å². The fraction of sp³-hybridized carbons (Fsp3) is 1.00. The molecule has 0 aromatic heterocycles. The third-order valence-corrected chi connectivity index (χ3v) is 3.06. The van der Waals surface area contributed by atoms with E-state index >= 15 is 0 Å². The van der Waals surface area contributed by atoms with Crippen molar-refractivity contribution in [3.63, 3.8) is 0 Å². The lowest BCUT2D eigenvalue weighted by atomic mass is 10.1. The Labute approximate surface area is 163 Å². The van der Waals surface area contributed by atoms with Gasteiger partial charge in [0.15, 0.2) is 0 Å². The molecule has 27 heavy (non-hydrogen) atoms. The number of aliphatic hydroxyl groups excluding tert-OH is 2. The second kappa shape index (κ2) is 27.8. The van der Waals surface area contributed by atoms with E-state index in [0.29, 0.717) is 0 Å². The van der Waals surface area contributed by atoms with Crippen LogP contribution in [0.3, 0.4) is 0 Å². The van der Waals surface area contributed by atoms with E-state index in [1.807, 2.05) is 0 Å². The van der Waals surface area contributed by atoms with Crippen LogP contribution in [0.25, 0.3) is 0 Å². The third kappa shape index (κ3) is 58.6. The highest BCUT2D eigenvalue weighted by molar-refractivity contribution is 7.79. The molecule has 11 heteroatoms. The predicted molar refractivity (Wildman–Crippen MR) is 104 cm³/mol. The summed E-state index contributed by atoms with van der Waals surface area (Å²) >= 11 is 0. The fourth-order valence-corrected chi connectivity index (χ4v) is 1.85. The Morgan fingerprint density at radius 1 is 0.778 bits per heavy atom. The van der Waals surface area contributed by atoms with Crippen LogP contribution in [0.2, 0.25) is 0 Å². The van der Waals surface area contributed by atoms with Crippen molar-refractivity contribution >= 4 is 10.4 Å². The molecular weight excluding hydrogens is 380 g/mol. The van der Waals surface area contributed by atoms with Gasteiger partial charge >= 0.3 is 10.4 Å². The fourth-order valence-electron chi connectivity index (χ4n) is 1.85. The largest absolute Gasteiger partial charge is 0.394 e. The second-order valence-electron chi connectivity index (χ2n) is 5.65. The Hall–Kier alpha value is -0.370. The number of hydrogen-bond donors (Lipinski definition) is 6. The van der Waals surface area contributed by atoms with Crippen molar-refractivity contribution in [2.75, 3.05) is 33.0 Å². The SMILES string of the molecule is CCCCCCCCCCCCN.O=S(=O)(O)O.OCCONOCCO.